The molecule has 0 saturated heterocycles. The summed E-state index contributed by atoms with van der Waals surface area (Å²) in [7, 11) is 1.62. The molecule has 144 valence electrons. The molecule has 0 fully saturated rings. The summed E-state index contributed by atoms with van der Waals surface area (Å²) in [5.74, 6) is 0.351. The van der Waals surface area contributed by atoms with Crippen LogP contribution in [0.1, 0.15) is 45.0 Å². The zero-order valence-electron chi connectivity index (χ0n) is 15.8. The highest BCUT2D eigenvalue weighted by Crippen LogP contribution is 2.27. The van der Waals surface area contributed by atoms with E-state index >= 15 is 0 Å². The molecule has 2 aromatic carbocycles. The largest absolute Gasteiger partial charge is 0.496 e. The Balaban J connectivity index is 1.74. The van der Waals surface area contributed by atoms with Crippen molar-refractivity contribution in [1.29, 1.82) is 0 Å². The molecule has 0 saturated carbocycles. The molecule has 0 aliphatic carbocycles. The number of hydrogen-bond acceptors (Lipinski definition) is 4. The fourth-order valence-electron chi connectivity index (χ4n) is 2.93. The van der Waals surface area contributed by atoms with E-state index in [1.54, 1.807) is 37.4 Å². The number of para-hydroxylation sites is 1. The van der Waals surface area contributed by atoms with Crippen molar-refractivity contribution in [3.8, 4) is 5.75 Å². The lowest BCUT2D eigenvalue weighted by Gasteiger charge is -2.20. The second kappa shape index (κ2) is 9.19. The number of thiophene rings is 1. The first-order valence-electron chi connectivity index (χ1n) is 9.01. The van der Waals surface area contributed by atoms with Crippen LogP contribution in [0.2, 0.25) is 0 Å². The minimum absolute atomic E-state index is 0.173. The van der Waals surface area contributed by atoms with Gasteiger partial charge in [-0.2, -0.15) is 0 Å². The number of nitrogens with one attached hydrogen (secondary N) is 2. The van der Waals surface area contributed by atoms with E-state index in [4.69, 9.17) is 4.74 Å². The van der Waals surface area contributed by atoms with Gasteiger partial charge in [-0.05, 0) is 42.1 Å². The van der Waals surface area contributed by atoms with Gasteiger partial charge in [-0.15, -0.1) is 11.3 Å². The van der Waals surface area contributed by atoms with E-state index in [-0.39, 0.29) is 17.9 Å². The first kappa shape index (κ1) is 19.6. The Morgan fingerprint density at radius 2 is 1.86 bits per heavy atom. The molecule has 1 atom stereocenters. The number of amides is 2. The Hall–Kier alpha value is -3.12. The van der Waals surface area contributed by atoms with Crippen molar-refractivity contribution in [1.82, 2.24) is 5.32 Å². The number of ether oxygens (including phenoxy) is 1. The van der Waals surface area contributed by atoms with Gasteiger partial charge < -0.3 is 15.4 Å². The highest BCUT2D eigenvalue weighted by Gasteiger charge is 2.18. The smallest absolute Gasteiger partial charge is 0.265 e. The maximum Gasteiger partial charge on any atom is 0.265 e. The molecule has 6 heteroatoms. The van der Waals surface area contributed by atoms with Crippen molar-refractivity contribution in [2.75, 3.05) is 12.4 Å². The third-order valence-corrected chi connectivity index (χ3v) is 5.22. The zero-order chi connectivity index (χ0) is 19.9. The molecule has 2 amide bonds. The lowest BCUT2D eigenvalue weighted by molar-refractivity contribution is 0.0934. The minimum atomic E-state index is -0.204. The van der Waals surface area contributed by atoms with Crippen LogP contribution in [-0.4, -0.2) is 18.9 Å². The quantitative estimate of drug-likeness (QED) is 0.599. The van der Waals surface area contributed by atoms with Gasteiger partial charge in [0.05, 0.1) is 18.0 Å². The van der Waals surface area contributed by atoms with Gasteiger partial charge in [0.25, 0.3) is 11.8 Å². The molecule has 5 nitrogen and oxygen atoms in total. The Kier molecular flexibility index (Phi) is 6.45. The van der Waals surface area contributed by atoms with Crippen LogP contribution in [0.4, 0.5) is 5.69 Å². The number of anilines is 1. The maximum absolute atomic E-state index is 12.8. The van der Waals surface area contributed by atoms with Crippen LogP contribution in [0.5, 0.6) is 5.75 Å². The molecule has 28 heavy (non-hydrogen) atoms. The van der Waals surface area contributed by atoms with Crippen molar-refractivity contribution in [3.63, 3.8) is 0 Å². The molecular formula is C22H22N2O3S. The van der Waals surface area contributed by atoms with E-state index in [9.17, 15) is 9.59 Å². The van der Waals surface area contributed by atoms with Crippen molar-refractivity contribution >= 4 is 28.8 Å². The Labute approximate surface area is 168 Å². The summed E-state index contributed by atoms with van der Waals surface area (Å²) >= 11 is 1.37. The Morgan fingerprint density at radius 3 is 2.57 bits per heavy atom. The van der Waals surface area contributed by atoms with Gasteiger partial charge in [0.1, 0.15) is 5.75 Å². The Bertz CT molecular complexity index is 954. The van der Waals surface area contributed by atoms with E-state index < -0.39 is 0 Å². The SMILES string of the molecule is CCC(NC(=O)c1cccc(NC(=O)c2cccs2)c1)c1ccccc1OC. The van der Waals surface area contributed by atoms with E-state index in [0.29, 0.717) is 16.1 Å². The summed E-state index contributed by atoms with van der Waals surface area (Å²) in [4.78, 5) is 25.6. The monoisotopic (exact) mass is 394 g/mol. The molecule has 0 aliphatic rings. The van der Waals surface area contributed by atoms with E-state index in [1.807, 2.05) is 42.6 Å². The predicted octanol–water partition coefficient (Wildman–Crippen LogP) is 4.89. The van der Waals surface area contributed by atoms with Crippen molar-refractivity contribution < 1.29 is 14.3 Å². The molecule has 0 spiro atoms. The number of hydrogen-bond donors (Lipinski definition) is 2. The molecule has 3 rings (SSSR count). The number of carbonyl (C=O) groups excluding carboxylic acids is 2. The number of methoxy groups -OCH3 is 1. The normalized spacial score (nSPS) is 11.5. The fourth-order valence-corrected chi connectivity index (χ4v) is 3.55. The molecule has 1 aromatic heterocycles. The summed E-state index contributed by atoms with van der Waals surface area (Å²) in [5, 5.41) is 7.73. The first-order chi connectivity index (χ1) is 13.6. The average Bonchev–Trinajstić information content (AvgIpc) is 3.27. The topological polar surface area (TPSA) is 67.4 Å². The zero-order valence-corrected chi connectivity index (χ0v) is 16.6. The van der Waals surface area contributed by atoms with Gasteiger partial charge >= 0.3 is 0 Å². The van der Waals surface area contributed by atoms with Crippen molar-refractivity contribution in [2.45, 2.75) is 19.4 Å². The van der Waals surface area contributed by atoms with Crippen LogP contribution in [0, 0.1) is 0 Å². The van der Waals surface area contributed by atoms with Gasteiger partial charge in [0, 0.05) is 16.8 Å². The molecule has 0 aliphatic heterocycles. The number of benzene rings is 2. The molecular weight excluding hydrogens is 372 g/mol. The van der Waals surface area contributed by atoms with Gasteiger partial charge in [-0.1, -0.05) is 37.3 Å². The van der Waals surface area contributed by atoms with Gasteiger partial charge in [-0.3, -0.25) is 9.59 Å². The maximum atomic E-state index is 12.8. The summed E-state index contributed by atoms with van der Waals surface area (Å²) in [6.45, 7) is 2.01. The number of carbonyl (C=O) groups is 2. The Morgan fingerprint density at radius 1 is 1.04 bits per heavy atom. The summed E-state index contributed by atoms with van der Waals surface area (Å²) in [6.07, 6.45) is 0.723. The predicted molar refractivity (Wildman–Crippen MR) is 112 cm³/mol. The van der Waals surface area contributed by atoms with Crippen LogP contribution >= 0.6 is 11.3 Å². The second-order valence-electron chi connectivity index (χ2n) is 6.19. The van der Waals surface area contributed by atoms with Crippen LogP contribution in [0.25, 0.3) is 0 Å². The fraction of sp³-hybridized carbons (Fsp3) is 0.182. The van der Waals surface area contributed by atoms with E-state index in [1.165, 1.54) is 11.3 Å². The van der Waals surface area contributed by atoms with Gasteiger partial charge in [-0.25, -0.2) is 0 Å². The second-order valence-corrected chi connectivity index (χ2v) is 7.14. The van der Waals surface area contributed by atoms with Crippen LogP contribution in [0.15, 0.2) is 66.0 Å². The lowest BCUT2D eigenvalue weighted by atomic mass is 10.0. The third-order valence-electron chi connectivity index (χ3n) is 4.36. The standard InChI is InChI=1S/C22H22N2O3S/c1-3-18(17-10-4-5-11-19(17)27-2)24-21(25)15-8-6-9-16(14-15)23-22(26)20-12-7-13-28-20/h4-14,18H,3H2,1-2H3,(H,23,26)(H,24,25). The van der Waals surface area contributed by atoms with Crippen molar-refractivity contribution in [3.05, 3.63) is 82.0 Å². The molecule has 1 heterocycles. The van der Waals surface area contributed by atoms with Gasteiger partial charge in [0.2, 0.25) is 0 Å². The molecule has 0 radical (unpaired) electrons. The summed E-state index contributed by atoms with van der Waals surface area (Å²) in [5.41, 5.74) is 2.00. The van der Waals surface area contributed by atoms with E-state index in [0.717, 1.165) is 17.7 Å². The van der Waals surface area contributed by atoms with E-state index in [2.05, 4.69) is 10.6 Å². The summed E-state index contributed by atoms with van der Waals surface area (Å²) < 4.78 is 5.42. The highest BCUT2D eigenvalue weighted by atomic mass is 32.1. The van der Waals surface area contributed by atoms with Crippen LogP contribution in [-0.2, 0) is 0 Å². The van der Waals surface area contributed by atoms with Crippen molar-refractivity contribution in [2.24, 2.45) is 0 Å². The minimum Gasteiger partial charge on any atom is -0.496 e. The molecule has 0 bridgehead atoms. The molecule has 2 N–H and O–H groups in total. The van der Waals surface area contributed by atoms with Gasteiger partial charge in [0.15, 0.2) is 0 Å². The molecule has 3 aromatic rings. The number of rotatable bonds is 7. The first-order valence-corrected chi connectivity index (χ1v) is 9.89. The highest BCUT2D eigenvalue weighted by molar-refractivity contribution is 7.12. The summed E-state index contributed by atoms with van der Waals surface area (Å²) in [6, 6.07) is 18.0. The van der Waals surface area contributed by atoms with Crippen LogP contribution < -0.4 is 15.4 Å². The average molecular weight is 394 g/mol. The third kappa shape index (κ3) is 4.58. The van der Waals surface area contributed by atoms with Crippen LogP contribution in [0.3, 0.4) is 0 Å². The molecule has 1 unspecified atom stereocenters. The lowest BCUT2D eigenvalue weighted by Crippen LogP contribution is -2.28.